The Morgan fingerprint density at radius 2 is 1.84 bits per heavy atom. The molecule has 1 aliphatic rings. The molecule has 1 saturated heterocycles. The van der Waals surface area contributed by atoms with Crippen molar-refractivity contribution in [2.75, 3.05) is 13.2 Å². The predicted molar refractivity (Wildman–Crippen MR) is 69.2 cm³/mol. The average molecular weight is 263 g/mol. The van der Waals surface area contributed by atoms with Crippen LogP contribution in [0.3, 0.4) is 0 Å². The van der Waals surface area contributed by atoms with E-state index in [1.807, 2.05) is 0 Å². The highest BCUT2D eigenvalue weighted by Crippen LogP contribution is 2.22. The second kappa shape index (κ2) is 5.84. The van der Waals surface area contributed by atoms with E-state index in [0.717, 1.165) is 12.8 Å². The predicted octanol–water partition coefficient (Wildman–Crippen LogP) is 1.37. The highest BCUT2D eigenvalue weighted by Gasteiger charge is 2.28. The molecule has 2 rings (SSSR count). The van der Waals surface area contributed by atoms with Crippen molar-refractivity contribution in [3.63, 3.8) is 0 Å². The van der Waals surface area contributed by atoms with E-state index in [2.05, 4.69) is 0 Å². The molecule has 0 spiro atoms. The third-order valence-corrected chi connectivity index (χ3v) is 3.48. The minimum absolute atomic E-state index is 0.0758. The van der Waals surface area contributed by atoms with Crippen molar-refractivity contribution in [1.29, 1.82) is 0 Å². The summed E-state index contributed by atoms with van der Waals surface area (Å²) < 4.78 is 0. The largest absolute Gasteiger partial charge is 0.478 e. The summed E-state index contributed by atoms with van der Waals surface area (Å²) in [7, 11) is 0. The summed E-state index contributed by atoms with van der Waals surface area (Å²) in [5, 5.41) is 17.8. The first-order chi connectivity index (χ1) is 9.13. The number of carbonyl (C=O) groups excluding carboxylic acids is 1. The zero-order valence-corrected chi connectivity index (χ0v) is 10.6. The molecule has 0 aliphatic carbocycles. The molecule has 1 unspecified atom stereocenters. The summed E-state index contributed by atoms with van der Waals surface area (Å²) in [6.07, 6.45) is 2.46. The summed E-state index contributed by atoms with van der Waals surface area (Å²) in [6, 6.07) is 6.05. The lowest BCUT2D eigenvalue weighted by atomic mass is 10.1. The summed E-state index contributed by atoms with van der Waals surface area (Å²) >= 11 is 0. The zero-order chi connectivity index (χ0) is 13.8. The van der Waals surface area contributed by atoms with Crippen molar-refractivity contribution in [3.8, 4) is 0 Å². The fraction of sp³-hybridized carbons (Fsp3) is 0.429. The Morgan fingerprint density at radius 1 is 1.21 bits per heavy atom. The molecule has 1 fully saturated rings. The third-order valence-electron chi connectivity index (χ3n) is 3.48. The Morgan fingerprint density at radius 3 is 2.42 bits per heavy atom. The monoisotopic (exact) mass is 263 g/mol. The number of nitrogens with zero attached hydrogens (tertiary/aromatic N) is 1. The second-order valence-electron chi connectivity index (χ2n) is 4.69. The van der Waals surface area contributed by atoms with E-state index >= 15 is 0 Å². The summed E-state index contributed by atoms with van der Waals surface area (Å²) in [4.78, 5) is 24.8. The van der Waals surface area contributed by atoms with Gasteiger partial charge >= 0.3 is 5.97 Å². The number of benzene rings is 1. The van der Waals surface area contributed by atoms with Gasteiger partial charge in [-0.25, -0.2) is 4.79 Å². The molecule has 1 amide bonds. The van der Waals surface area contributed by atoms with Crippen LogP contribution in [0.2, 0.25) is 0 Å². The Labute approximate surface area is 111 Å². The highest BCUT2D eigenvalue weighted by atomic mass is 16.4. The van der Waals surface area contributed by atoms with Crippen LogP contribution < -0.4 is 0 Å². The van der Waals surface area contributed by atoms with Crippen molar-refractivity contribution < 1.29 is 19.8 Å². The fourth-order valence-electron chi connectivity index (χ4n) is 2.47. The first kappa shape index (κ1) is 13.5. The molecule has 1 atom stereocenters. The van der Waals surface area contributed by atoms with E-state index in [1.165, 1.54) is 12.1 Å². The Kier molecular flexibility index (Phi) is 4.16. The fourth-order valence-corrected chi connectivity index (χ4v) is 2.47. The van der Waals surface area contributed by atoms with Gasteiger partial charge < -0.3 is 15.1 Å². The van der Waals surface area contributed by atoms with Gasteiger partial charge in [-0.05, 0) is 43.5 Å². The smallest absolute Gasteiger partial charge is 0.335 e. The van der Waals surface area contributed by atoms with E-state index in [1.54, 1.807) is 17.0 Å². The van der Waals surface area contributed by atoms with Crippen LogP contribution in [-0.2, 0) is 0 Å². The molecule has 5 nitrogen and oxygen atoms in total. The van der Waals surface area contributed by atoms with Gasteiger partial charge in [0, 0.05) is 24.8 Å². The van der Waals surface area contributed by atoms with Crippen LogP contribution in [0.1, 0.15) is 40.0 Å². The maximum atomic E-state index is 12.3. The molecule has 0 aromatic heterocycles. The quantitative estimate of drug-likeness (QED) is 0.860. The van der Waals surface area contributed by atoms with Crippen molar-refractivity contribution in [2.45, 2.75) is 25.3 Å². The molecule has 0 saturated carbocycles. The van der Waals surface area contributed by atoms with Crippen LogP contribution >= 0.6 is 0 Å². The van der Waals surface area contributed by atoms with Gasteiger partial charge in [-0.15, -0.1) is 0 Å². The molecular formula is C14H17NO4. The molecule has 19 heavy (non-hydrogen) atoms. The zero-order valence-electron chi connectivity index (χ0n) is 10.6. The van der Waals surface area contributed by atoms with E-state index in [9.17, 15) is 9.59 Å². The number of aromatic carboxylic acids is 1. The normalized spacial score (nSPS) is 18.6. The number of rotatable bonds is 4. The van der Waals surface area contributed by atoms with Gasteiger partial charge in [0.1, 0.15) is 0 Å². The molecular weight excluding hydrogens is 246 g/mol. The van der Waals surface area contributed by atoms with Gasteiger partial charge in [0.05, 0.1) is 5.56 Å². The molecule has 1 heterocycles. The van der Waals surface area contributed by atoms with Crippen LogP contribution in [0.25, 0.3) is 0 Å². The molecule has 2 N–H and O–H groups in total. The number of carbonyl (C=O) groups is 2. The molecule has 102 valence electrons. The van der Waals surface area contributed by atoms with E-state index in [4.69, 9.17) is 10.2 Å². The lowest BCUT2D eigenvalue weighted by Crippen LogP contribution is -2.36. The van der Waals surface area contributed by atoms with Crippen molar-refractivity contribution in [3.05, 3.63) is 35.4 Å². The summed E-state index contributed by atoms with van der Waals surface area (Å²) in [5.41, 5.74) is 0.666. The van der Waals surface area contributed by atoms with Crippen LogP contribution in [0.15, 0.2) is 24.3 Å². The maximum Gasteiger partial charge on any atom is 0.335 e. The van der Waals surface area contributed by atoms with Gasteiger partial charge in [-0.3, -0.25) is 4.79 Å². The van der Waals surface area contributed by atoms with E-state index < -0.39 is 5.97 Å². The van der Waals surface area contributed by atoms with Crippen molar-refractivity contribution >= 4 is 11.9 Å². The number of carboxylic acids is 1. The molecule has 5 heteroatoms. The Balaban J connectivity index is 2.12. The molecule has 0 radical (unpaired) electrons. The van der Waals surface area contributed by atoms with Crippen LogP contribution in [0.4, 0.5) is 0 Å². The SMILES string of the molecule is O=C(O)c1ccc(C(=O)N2CCCC2CCO)cc1. The Bertz CT molecular complexity index is 469. The number of aliphatic hydroxyl groups excluding tert-OH is 1. The molecule has 1 aromatic carbocycles. The summed E-state index contributed by atoms with van der Waals surface area (Å²) in [6.45, 7) is 0.774. The van der Waals surface area contributed by atoms with Crippen LogP contribution in [0.5, 0.6) is 0 Å². The van der Waals surface area contributed by atoms with Gasteiger partial charge in [-0.1, -0.05) is 0 Å². The topological polar surface area (TPSA) is 77.8 Å². The number of likely N-dealkylation sites (tertiary alicyclic amines) is 1. The lowest BCUT2D eigenvalue weighted by Gasteiger charge is -2.24. The van der Waals surface area contributed by atoms with Crippen molar-refractivity contribution in [1.82, 2.24) is 4.90 Å². The number of hydrogen-bond donors (Lipinski definition) is 2. The van der Waals surface area contributed by atoms with Gasteiger partial charge in [0.15, 0.2) is 0 Å². The van der Waals surface area contributed by atoms with Crippen LogP contribution in [0, 0.1) is 0 Å². The van der Waals surface area contributed by atoms with Gasteiger partial charge in [0.25, 0.3) is 5.91 Å². The number of amides is 1. The Hall–Kier alpha value is -1.88. The second-order valence-corrected chi connectivity index (χ2v) is 4.69. The van der Waals surface area contributed by atoms with Crippen LogP contribution in [-0.4, -0.2) is 46.2 Å². The summed E-state index contributed by atoms with van der Waals surface area (Å²) in [5.74, 6) is -1.09. The van der Waals surface area contributed by atoms with E-state index in [-0.39, 0.29) is 24.1 Å². The van der Waals surface area contributed by atoms with E-state index in [0.29, 0.717) is 18.5 Å². The first-order valence-corrected chi connectivity index (χ1v) is 6.38. The minimum Gasteiger partial charge on any atom is -0.478 e. The van der Waals surface area contributed by atoms with Gasteiger partial charge in [-0.2, -0.15) is 0 Å². The number of hydrogen-bond acceptors (Lipinski definition) is 3. The third kappa shape index (κ3) is 2.93. The minimum atomic E-state index is -1.00. The average Bonchev–Trinajstić information content (AvgIpc) is 2.87. The molecule has 0 bridgehead atoms. The van der Waals surface area contributed by atoms with Crippen molar-refractivity contribution in [2.24, 2.45) is 0 Å². The molecule has 1 aromatic rings. The van der Waals surface area contributed by atoms with Gasteiger partial charge in [0.2, 0.25) is 0 Å². The maximum absolute atomic E-state index is 12.3. The standard InChI is InChI=1S/C14H17NO4/c16-9-7-12-2-1-8-15(12)13(17)10-3-5-11(6-4-10)14(18)19/h3-6,12,16H,1-2,7-9H2,(H,18,19). The first-order valence-electron chi connectivity index (χ1n) is 6.38. The lowest BCUT2D eigenvalue weighted by molar-refractivity contribution is 0.0689. The number of carboxylic acid groups (broad SMARTS) is 1. The molecule has 1 aliphatic heterocycles. The highest BCUT2D eigenvalue weighted by molar-refractivity contribution is 5.96. The number of aliphatic hydroxyl groups is 1.